The van der Waals surface area contributed by atoms with Gasteiger partial charge in [0.15, 0.2) is 0 Å². The first-order chi connectivity index (χ1) is 9.99. The molecular formula is C14H15N5O2. The van der Waals surface area contributed by atoms with Crippen LogP contribution in [0.4, 0.5) is 0 Å². The van der Waals surface area contributed by atoms with Crippen LogP contribution in [0, 0.1) is 13.8 Å². The van der Waals surface area contributed by atoms with Gasteiger partial charge in [0.25, 0.3) is 0 Å². The van der Waals surface area contributed by atoms with Gasteiger partial charge in [-0.3, -0.25) is 4.68 Å². The van der Waals surface area contributed by atoms with Gasteiger partial charge in [0.1, 0.15) is 5.52 Å². The average molecular weight is 285 g/mol. The van der Waals surface area contributed by atoms with Crippen molar-refractivity contribution in [1.82, 2.24) is 24.8 Å². The van der Waals surface area contributed by atoms with Gasteiger partial charge >= 0.3 is 5.97 Å². The van der Waals surface area contributed by atoms with Crippen molar-refractivity contribution in [3.8, 4) is 0 Å². The van der Waals surface area contributed by atoms with Crippen molar-refractivity contribution in [2.75, 3.05) is 0 Å². The molecular weight excluding hydrogens is 270 g/mol. The summed E-state index contributed by atoms with van der Waals surface area (Å²) in [6.45, 7) is 4.46. The number of carboxylic acid groups (broad SMARTS) is 1. The normalized spacial score (nSPS) is 11.2. The van der Waals surface area contributed by atoms with Gasteiger partial charge in [-0.1, -0.05) is 11.3 Å². The first-order valence-electron chi connectivity index (χ1n) is 6.53. The fourth-order valence-electron chi connectivity index (χ4n) is 2.48. The fourth-order valence-corrected chi connectivity index (χ4v) is 2.48. The predicted molar refractivity (Wildman–Crippen MR) is 76.3 cm³/mol. The van der Waals surface area contributed by atoms with E-state index < -0.39 is 5.97 Å². The van der Waals surface area contributed by atoms with Crippen LogP contribution in [-0.4, -0.2) is 35.9 Å². The van der Waals surface area contributed by atoms with Gasteiger partial charge < -0.3 is 5.11 Å². The number of hydrogen-bond acceptors (Lipinski definition) is 4. The van der Waals surface area contributed by atoms with Gasteiger partial charge in [0, 0.05) is 18.3 Å². The summed E-state index contributed by atoms with van der Waals surface area (Å²) in [6.07, 6.45) is 0. The van der Waals surface area contributed by atoms with E-state index in [4.69, 9.17) is 0 Å². The highest BCUT2D eigenvalue weighted by molar-refractivity contribution is 6.00. The van der Waals surface area contributed by atoms with Crippen LogP contribution in [0.15, 0.2) is 18.2 Å². The monoisotopic (exact) mass is 285 g/mol. The third-order valence-electron chi connectivity index (χ3n) is 3.74. The minimum Gasteiger partial charge on any atom is -0.478 e. The predicted octanol–water partition coefficient (Wildman–Crippen LogP) is 1.53. The summed E-state index contributed by atoms with van der Waals surface area (Å²) in [5.74, 6) is -0.999. The molecule has 1 N–H and O–H groups in total. The van der Waals surface area contributed by atoms with E-state index in [1.165, 1.54) is 6.07 Å². The Morgan fingerprint density at radius 2 is 2.10 bits per heavy atom. The Morgan fingerprint density at radius 3 is 2.71 bits per heavy atom. The van der Waals surface area contributed by atoms with E-state index in [0.717, 1.165) is 17.0 Å². The average Bonchev–Trinajstić information content (AvgIpc) is 2.95. The molecule has 7 nitrogen and oxygen atoms in total. The van der Waals surface area contributed by atoms with Gasteiger partial charge in [0.05, 0.1) is 23.3 Å². The van der Waals surface area contributed by atoms with Crippen molar-refractivity contribution in [2.24, 2.45) is 7.05 Å². The highest BCUT2D eigenvalue weighted by Crippen LogP contribution is 2.19. The summed E-state index contributed by atoms with van der Waals surface area (Å²) in [5.41, 5.74) is 4.35. The number of hydrogen-bond donors (Lipinski definition) is 1. The maximum Gasteiger partial charge on any atom is 0.338 e. The first-order valence-corrected chi connectivity index (χ1v) is 6.53. The molecule has 108 valence electrons. The van der Waals surface area contributed by atoms with Gasteiger partial charge in [-0.15, -0.1) is 5.10 Å². The molecule has 1 aromatic carbocycles. The lowest BCUT2D eigenvalue weighted by molar-refractivity contribution is 0.0699. The molecule has 0 amide bonds. The van der Waals surface area contributed by atoms with E-state index in [1.54, 1.807) is 10.7 Å². The molecule has 0 aliphatic carbocycles. The molecule has 0 fully saturated rings. The summed E-state index contributed by atoms with van der Waals surface area (Å²) < 4.78 is 3.53. The maximum absolute atomic E-state index is 11.2. The van der Waals surface area contributed by atoms with Crippen LogP contribution < -0.4 is 0 Å². The Bertz CT molecular complexity index is 847. The molecule has 2 aromatic heterocycles. The number of nitrogens with zero attached hydrogens (tertiary/aromatic N) is 5. The van der Waals surface area contributed by atoms with Crippen LogP contribution in [0.25, 0.3) is 11.0 Å². The summed E-state index contributed by atoms with van der Waals surface area (Å²) in [7, 11) is 1.90. The molecule has 3 rings (SSSR count). The van der Waals surface area contributed by atoms with Crippen LogP contribution in [0.3, 0.4) is 0 Å². The summed E-state index contributed by atoms with van der Waals surface area (Å²) >= 11 is 0. The number of aryl methyl sites for hydroxylation is 2. The van der Waals surface area contributed by atoms with Crippen molar-refractivity contribution < 1.29 is 9.90 Å². The van der Waals surface area contributed by atoms with E-state index in [0.29, 0.717) is 17.6 Å². The molecule has 0 atom stereocenters. The van der Waals surface area contributed by atoms with Crippen molar-refractivity contribution >= 4 is 17.0 Å². The van der Waals surface area contributed by atoms with Gasteiger partial charge in [-0.05, 0) is 26.0 Å². The van der Waals surface area contributed by atoms with Gasteiger partial charge in [-0.2, -0.15) is 5.10 Å². The second-order valence-corrected chi connectivity index (χ2v) is 5.00. The molecule has 0 aliphatic rings. The lowest BCUT2D eigenvalue weighted by atomic mass is 10.1. The molecule has 0 bridgehead atoms. The van der Waals surface area contributed by atoms with Crippen molar-refractivity contribution in [1.29, 1.82) is 0 Å². The van der Waals surface area contributed by atoms with Crippen LogP contribution >= 0.6 is 0 Å². The molecule has 3 aromatic rings. The minimum atomic E-state index is -0.999. The third-order valence-corrected chi connectivity index (χ3v) is 3.74. The molecule has 0 aliphatic heterocycles. The van der Waals surface area contributed by atoms with E-state index in [1.807, 2.05) is 31.6 Å². The van der Waals surface area contributed by atoms with Gasteiger partial charge in [-0.25, -0.2) is 9.48 Å². The van der Waals surface area contributed by atoms with E-state index in [2.05, 4.69) is 15.4 Å². The van der Waals surface area contributed by atoms with Crippen molar-refractivity contribution in [3.05, 3.63) is 40.7 Å². The topological polar surface area (TPSA) is 85.8 Å². The van der Waals surface area contributed by atoms with Crippen LogP contribution in [0.1, 0.15) is 27.3 Å². The number of carbonyl (C=O) groups is 1. The standard InChI is InChI=1S/C14H15N5O2/c1-8-11(9(2)18(3)16-8)7-19-12-6-4-5-10(14(20)21)13(12)15-17-19/h4-6H,7H2,1-3H3,(H,20,21). The molecule has 0 spiro atoms. The molecule has 2 heterocycles. The Hall–Kier alpha value is -2.70. The highest BCUT2D eigenvalue weighted by atomic mass is 16.4. The molecule has 0 saturated carbocycles. The number of carboxylic acids is 1. The molecule has 21 heavy (non-hydrogen) atoms. The molecule has 0 unspecified atom stereocenters. The first kappa shape index (κ1) is 13.3. The van der Waals surface area contributed by atoms with Crippen LogP contribution in [0.5, 0.6) is 0 Å². The number of benzene rings is 1. The zero-order valence-corrected chi connectivity index (χ0v) is 12.0. The number of aromatic nitrogens is 5. The number of aromatic carboxylic acids is 1. The quantitative estimate of drug-likeness (QED) is 0.788. The second kappa shape index (κ2) is 4.69. The van der Waals surface area contributed by atoms with Crippen molar-refractivity contribution in [2.45, 2.75) is 20.4 Å². The van der Waals surface area contributed by atoms with E-state index >= 15 is 0 Å². The lowest BCUT2D eigenvalue weighted by Crippen LogP contribution is -2.04. The number of rotatable bonds is 3. The largest absolute Gasteiger partial charge is 0.478 e. The van der Waals surface area contributed by atoms with Crippen LogP contribution in [-0.2, 0) is 13.6 Å². The Morgan fingerprint density at radius 1 is 1.33 bits per heavy atom. The number of fused-ring (bicyclic) bond motifs is 1. The SMILES string of the molecule is Cc1nn(C)c(C)c1Cn1nnc2c(C(=O)O)cccc21. The highest BCUT2D eigenvalue weighted by Gasteiger charge is 2.16. The van der Waals surface area contributed by atoms with E-state index in [9.17, 15) is 9.90 Å². The smallest absolute Gasteiger partial charge is 0.338 e. The van der Waals surface area contributed by atoms with Crippen molar-refractivity contribution in [3.63, 3.8) is 0 Å². The zero-order valence-electron chi connectivity index (χ0n) is 12.0. The van der Waals surface area contributed by atoms with Gasteiger partial charge in [0.2, 0.25) is 0 Å². The van der Waals surface area contributed by atoms with E-state index in [-0.39, 0.29) is 5.56 Å². The Kier molecular flexibility index (Phi) is 2.97. The zero-order chi connectivity index (χ0) is 15.1. The molecule has 7 heteroatoms. The lowest BCUT2D eigenvalue weighted by Gasteiger charge is -2.04. The fraction of sp³-hybridized carbons (Fsp3) is 0.286. The Balaban J connectivity index is 2.10. The maximum atomic E-state index is 11.2. The molecule has 0 radical (unpaired) electrons. The minimum absolute atomic E-state index is 0.165. The summed E-state index contributed by atoms with van der Waals surface area (Å²) in [4.78, 5) is 11.2. The summed E-state index contributed by atoms with van der Waals surface area (Å²) in [6, 6.07) is 5.06. The van der Waals surface area contributed by atoms with Crippen LogP contribution in [0.2, 0.25) is 0 Å². The second-order valence-electron chi connectivity index (χ2n) is 5.00. The summed E-state index contributed by atoms with van der Waals surface area (Å²) in [5, 5.41) is 21.7. The Labute approximate surface area is 120 Å². The third kappa shape index (κ3) is 2.06. The molecule has 0 saturated heterocycles.